The predicted octanol–water partition coefficient (Wildman–Crippen LogP) is 3.39. The van der Waals surface area contributed by atoms with Gasteiger partial charge in [-0.2, -0.15) is 0 Å². The fraction of sp³-hybridized carbons (Fsp3) is 0. The van der Waals surface area contributed by atoms with Gasteiger partial charge in [0.15, 0.2) is 5.78 Å². The van der Waals surface area contributed by atoms with Gasteiger partial charge in [0.25, 0.3) is 0 Å². The van der Waals surface area contributed by atoms with Crippen LogP contribution in [-0.2, 0) is 0 Å². The van der Waals surface area contributed by atoms with E-state index in [1.807, 2.05) is 0 Å². The van der Waals surface area contributed by atoms with E-state index >= 15 is 0 Å². The number of hydrogen-bond acceptors (Lipinski definition) is 2. The molecular weight excluding hydrogens is 299 g/mol. The number of benzene rings is 2. The van der Waals surface area contributed by atoms with Crippen LogP contribution in [0.15, 0.2) is 41.2 Å². The molecule has 3 aromatic rings. The predicted molar refractivity (Wildman–Crippen MR) is 78.8 cm³/mol. The minimum atomic E-state index is -0.311. The van der Waals surface area contributed by atoms with Crippen LogP contribution >= 0.6 is 23.2 Å². The molecule has 4 nitrogen and oxygen atoms in total. The van der Waals surface area contributed by atoms with Gasteiger partial charge >= 0.3 is 5.69 Å². The SMILES string of the molecule is O=C(c1ccc2[nH]c(=O)[nH]c2c1)c1ccc(Cl)cc1Cl. The zero-order chi connectivity index (χ0) is 14.3. The first-order valence-corrected chi connectivity index (χ1v) is 6.52. The molecule has 0 atom stereocenters. The lowest BCUT2D eigenvalue weighted by molar-refractivity contribution is 0.103. The zero-order valence-electron chi connectivity index (χ0n) is 10.0. The van der Waals surface area contributed by atoms with Crippen LogP contribution < -0.4 is 5.69 Å². The lowest BCUT2D eigenvalue weighted by Gasteiger charge is -2.04. The van der Waals surface area contributed by atoms with Crippen LogP contribution in [-0.4, -0.2) is 15.8 Å². The molecule has 0 fully saturated rings. The summed E-state index contributed by atoms with van der Waals surface area (Å²) in [7, 11) is 0. The van der Waals surface area contributed by atoms with Gasteiger partial charge in [-0.15, -0.1) is 0 Å². The normalized spacial score (nSPS) is 10.9. The standard InChI is InChI=1S/C14H8Cl2N2O2/c15-8-2-3-9(10(16)6-8)13(19)7-1-4-11-12(5-7)18-14(20)17-11/h1-6H,(H2,17,18,20). The van der Waals surface area contributed by atoms with Gasteiger partial charge in [0.1, 0.15) is 0 Å². The maximum Gasteiger partial charge on any atom is 0.323 e. The van der Waals surface area contributed by atoms with Gasteiger partial charge in [0.05, 0.1) is 16.1 Å². The number of H-pyrrole nitrogens is 2. The molecule has 3 rings (SSSR count). The number of ketones is 1. The van der Waals surface area contributed by atoms with Crippen LogP contribution in [0.25, 0.3) is 11.0 Å². The van der Waals surface area contributed by atoms with Gasteiger partial charge in [-0.1, -0.05) is 23.2 Å². The molecule has 0 amide bonds. The Morgan fingerprint density at radius 3 is 2.45 bits per heavy atom. The molecule has 0 aliphatic heterocycles. The van der Waals surface area contributed by atoms with Gasteiger partial charge in [-0.25, -0.2) is 4.79 Å². The van der Waals surface area contributed by atoms with Crippen LogP contribution in [0.1, 0.15) is 15.9 Å². The summed E-state index contributed by atoms with van der Waals surface area (Å²) in [6, 6.07) is 9.63. The molecular formula is C14H8Cl2N2O2. The number of aromatic nitrogens is 2. The topological polar surface area (TPSA) is 65.7 Å². The number of fused-ring (bicyclic) bond motifs is 1. The molecule has 1 aromatic heterocycles. The van der Waals surface area contributed by atoms with E-state index in [1.54, 1.807) is 30.3 Å². The summed E-state index contributed by atoms with van der Waals surface area (Å²) in [6.07, 6.45) is 0. The smallest absolute Gasteiger partial charge is 0.306 e. The average Bonchev–Trinajstić information content (AvgIpc) is 2.77. The minimum absolute atomic E-state index is 0.226. The molecule has 1 heterocycles. The second-order valence-electron chi connectivity index (χ2n) is 4.29. The van der Waals surface area contributed by atoms with E-state index in [-0.39, 0.29) is 11.5 Å². The second kappa shape index (κ2) is 4.81. The molecule has 100 valence electrons. The van der Waals surface area contributed by atoms with Crippen LogP contribution in [0, 0.1) is 0 Å². The van der Waals surface area contributed by atoms with Crippen molar-refractivity contribution in [1.82, 2.24) is 9.97 Å². The monoisotopic (exact) mass is 306 g/mol. The number of halogens is 2. The molecule has 0 saturated heterocycles. The van der Waals surface area contributed by atoms with Crippen molar-refractivity contribution in [2.75, 3.05) is 0 Å². The van der Waals surface area contributed by atoms with Crippen LogP contribution in [0.3, 0.4) is 0 Å². The number of carbonyl (C=O) groups excluding carboxylic acids is 1. The van der Waals surface area contributed by atoms with E-state index in [9.17, 15) is 9.59 Å². The fourth-order valence-corrected chi connectivity index (χ4v) is 2.50. The number of imidazole rings is 1. The molecule has 20 heavy (non-hydrogen) atoms. The Kier molecular flexibility index (Phi) is 3.12. The van der Waals surface area contributed by atoms with Crippen molar-refractivity contribution in [2.45, 2.75) is 0 Å². The zero-order valence-corrected chi connectivity index (χ0v) is 11.5. The van der Waals surface area contributed by atoms with Gasteiger partial charge in [-0.3, -0.25) is 4.79 Å². The van der Waals surface area contributed by atoms with Gasteiger partial charge in [0, 0.05) is 16.1 Å². The van der Waals surface area contributed by atoms with E-state index in [0.717, 1.165) is 0 Å². The third kappa shape index (κ3) is 2.24. The van der Waals surface area contributed by atoms with Gasteiger partial charge in [-0.05, 0) is 36.4 Å². The van der Waals surface area contributed by atoms with Gasteiger partial charge < -0.3 is 9.97 Å². The van der Waals surface area contributed by atoms with E-state index < -0.39 is 0 Å². The Morgan fingerprint density at radius 2 is 1.70 bits per heavy atom. The third-order valence-corrected chi connectivity index (χ3v) is 3.50. The fourth-order valence-electron chi connectivity index (χ4n) is 2.00. The first kappa shape index (κ1) is 13.0. The number of nitrogens with one attached hydrogen (secondary N) is 2. The van der Waals surface area contributed by atoms with Crippen LogP contribution in [0.2, 0.25) is 10.0 Å². The summed E-state index contributed by atoms with van der Waals surface area (Å²) in [6.45, 7) is 0. The molecule has 2 N–H and O–H groups in total. The van der Waals surface area contributed by atoms with Crippen molar-refractivity contribution in [1.29, 1.82) is 0 Å². The summed E-state index contributed by atoms with van der Waals surface area (Å²) in [4.78, 5) is 28.8. The number of hydrogen-bond donors (Lipinski definition) is 2. The van der Waals surface area contributed by atoms with Gasteiger partial charge in [0.2, 0.25) is 0 Å². The Morgan fingerprint density at radius 1 is 0.950 bits per heavy atom. The van der Waals surface area contributed by atoms with Crippen molar-refractivity contribution in [3.05, 3.63) is 68.1 Å². The maximum absolute atomic E-state index is 12.4. The summed E-state index contributed by atoms with van der Waals surface area (Å²) in [5, 5.41) is 0.766. The Labute approximate surface area is 123 Å². The highest BCUT2D eigenvalue weighted by Crippen LogP contribution is 2.24. The highest BCUT2D eigenvalue weighted by Gasteiger charge is 2.14. The first-order chi connectivity index (χ1) is 9.54. The highest BCUT2D eigenvalue weighted by molar-refractivity contribution is 6.37. The maximum atomic E-state index is 12.4. The number of aromatic amines is 2. The molecule has 6 heteroatoms. The largest absolute Gasteiger partial charge is 0.323 e. The molecule has 0 radical (unpaired) electrons. The summed E-state index contributed by atoms with van der Waals surface area (Å²) in [5.74, 6) is -0.226. The van der Waals surface area contributed by atoms with E-state index in [1.165, 1.54) is 6.07 Å². The molecule has 0 spiro atoms. The summed E-state index contributed by atoms with van der Waals surface area (Å²) >= 11 is 11.8. The minimum Gasteiger partial charge on any atom is -0.306 e. The average molecular weight is 307 g/mol. The van der Waals surface area contributed by atoms with E-state index in [4.69, 9.17) is 23.2 Å². The molecule has 0 aliphatic carbocycles. The molecule has 0 unspecified atom stereocenters. The number of carbonyl (C=O) groups is 1. The summed E-state index contributed by atoms with van der Waals surface area (Å²) < 4.78 is 0. The van der Waals surface area contributed by atoms with Crippen molar-refractivity contribution in [3.63, 3.8) is 0 Å². The van der Waals surface area contributed by atoms with Crippen molar-refractivity contribution in [2.24, 2.45) is 0 Å². The van der Waals surface area contributed by atoms with E-state index in [0.29, 0.717) is 32.2 Å². The third-order valence-electron chi connectivity index (χ3n) is 2.95. The lowest BCUT2D eigenvalue weighted by atomic mass is 10.0. The lowest BCUT2D eigenvalue weighted by Crippen LogP contribution is -2.02. The second-order valence-corrected chi connectivity index (χ2v) is 5.14. The van der Waals surface area contributed by atoms with Crippen LogP contribution in [0.4, 0.5) is 0 Å². The van der Waals surface area contributed by atoms with Crippen LogP contribution in [0.5, 0.6) is 0 Å². The number of rotatable bonds is 2. The van der Waals surface area contributed by atoms with Crippen molar-refractivity contribution >= 4 is 40.0 Å². The quantitative estimate of drug-likeness (QED) is 0.713. The first-order valence-electron chi connectivity index (χ1n) is 5.76. The molecule has 2 aromatic carbocycles. The van der Waals surface area contributed by atoms with Crippen molar-refractivity contribution in [3.8, 4) is 0 Å². The Bertz CT molecular complexity index is 880. The molecule has 0 aliphatic rings. The highest BCUT2D eigenvalue weighted by atomic mass is 35.5. The Hall–Kier alpha value is -2.04. The Balaban J connectivity index is 2.09. The van der Waals surface area contributed by atoms with Crippen molar-refractivity contribution < 1.29 is 4.79 Å². The molecule has 0 saturated carbocycles. The summed E-state index contributed by atoms with van der Waals surface area (Å²) in [5.41, 5.74) is 1.72. The van der Waals surface area contributed by atoms with E-state index in [2.05, 4.69) is 9.97 Å². The molecule has 0 bridgehead atoms.